The van der Waals surface area contributed by atoms with Gasteiger partial charge in [-0.2, -0.15) is 5.26 Å². The lowest BCUT2D eigenvalue weighted by atomic mass is 10.3. The van der Waals surface area contributed by atoms with Crippen LogP contribution in [-0.4, -0.2) is 4.57 Å². The summed E-state index contributed by atoms with van der Waals surface area (Å²) in [5.74, 6) is 0. The van der Waals surface area contributed by atoms with Crippen molar-refractivity contribution >= 4 is 27.3 Å². The van der Waals surface area contributed by atoms with E-state index >= 15 is 0 Å². The normalized spacial score (nSPS) is 10.4. The fourth-order valence-corrected chi connectivity index (χ4v) is 3.47. The first-order chi connectivity index (χ1) is 7.54. The van der Waals surface area contributed by atoms with Crippen LogP contribution in [0.3, 0.4) is 0 Å². The van der Waals surface area contributed by atoms with Gasteiger partial charge in [-0.15, -0.1) is 11.3 Å². The number of nitrogens with zero attached hydrogens (tertiary/aromatic N) is 2. The number of aryl methyl sites for hydroxylation is 2. The smallest absolute Gasteiger partial charge is 0.119 e. The van der Waals surface area contributed by atoms with E-state index in [-0.39, 0.29) is 0 Å². The number of thiophene rings is 1. The van der Waals surface area contributed by atoms with Crippen molar-refractivity contribution in [2.45, 2.75) is 20.8 Å². The van der Waals surface area contributed by atoms with Gasteiger partial charge >= 0.3 is 0 Å². The molecule has 2 aromatic rings. The van der Waals surface area contributed by atoms with E-state index in [1.54, 1.807) is 11.3 Å². The summed E-state index contributed by atoms with van der Waals surface area (Å²) < 4.78 is 3.13. The second-order valence-electron chi connectivity index (χ2n) is 3.77. The molecule has 4 heteroatoms. The molecule has 0 bridgehead atoms. The maximum absolute atomic E-state index is 9.10. The Bertz CT molecular complexity index is 587. The molecule has 2 heterocycles. The minimum Gasteiger partial charge on any atom is -0.309 e. The highest BCUT2D eigenvalue weighted by Gasteiger charge is 2.14. The highest BCUT2D eigenvalue weighted by molar-refractivity contribution is 9.11. The molecule has 0 aliphatic carbocycles. The first kappa shape index (κ1) is 11.4. The Morgan fingerprint density at radius 3 is 2.50 bits per heavy atom. The summed E-state index contributed by atoms with van der Waals surface area (Å²) in [4.78, 5) is 0. The minimum absolute atomic E-state index is 0.721. The molecular weight excluding hydrogens is 284 g/mol. The van der Waals surface area contributed by atoms with Gasteiger partial charge in [-0.1, -0.05) is 0 Å². The number of halogens is 1. The molecule has 0 saturated heterocycles. The van der Waals surface area contributed by atoms with Crippen molar-refractivity contribution < 1.29 is 0 Å². The van der Waals surface area contributed by atoms with E-state index in [0.29, 0.717) is 0 Å². The number of hydrogen-bond acceptors (Lipinski definition) is 2. The zero-order valence-corrected chi connectivity index (χ0v) is 11.7. The molecule has 0 N–H and O–H groups in total. The predicted molar refractivity (Wildman–Crippen MR) is 70.3 cm³/mol. The maximum atomic E-state index is 9.10. The SMILES string of the molecule is Cc1cc(C)n(-c2sc(Br)cc2C#N)c1C. The average molecular weight is 295 g/mol. The summed E-state index contributed by atoms with van der Waals surface area (Å²) in [7, 11) is 0. The molecule has 0 aromatic carbocycles. The van der Waals surface area contributed by atoms with E-state index in [4.69, 9.17) is 5.26 Å². The van der Waals surface area contributed by atoms with E-state index in [2.05, 4.69) is 53.4 Å². The molecule has 0 aliphatic rings. The third-order valence-electron chi connectivity index (χ3n) is 2.69. The number of nitriles is 1. The molecule has 0 radical (unpaired) electrons. The Hall–Kier alpha value is -1.05. The topological polar surface area (TPSA) is 28.7 Å². The Morgan fingerprint density at radius 1 is 1.31 bits per heavy atom. The van der Waals surface area contributed by atoms with Crippen LogP contribution in [0, 0.1) is 32.1 Å². The van der Waals surface area contributed by atoms with Crippen LogP contribution < -0.4 is 0 Å². The third kappa shape index (κ3) is 1.70. The van der Waals surface area contributed by atoms with Crippen LogP contribution in [0.25, 0.3) is 5.00 Å². The van der Waals surface area contributed by atoms with Gasteiger partial charge < -0.3 is 4.57 Å². The molecule has 16 heavy (non-hydrogen) atoms. The minimum atomic E-state index is 0.721. The second kappa shape index (κ2) is 4.08. The van der Waals surface area contributed by atoms with Crippen molar-refractivity contribution in [3.63, 3.8) is 0 Å². The molecule has 0 unspecified atom stereocenters. The first-order valence-electron chi connectivity index (χ1n) is 4.90. The summed E-state index contributed by atoms with van der Waals surface area (Å²) in [5.41, 5.74) is 4.34. The van der Waals surface area contributed by atoms with E-state index in [0.717, 1.165) is 14.4 Å². The first-order valence-corrected chi connectivity index (χ1v) is 6.51. The van der Waals surface area contributed by atoms with Gasteiger partial charge in [-0.05, 0) is 54.4 Å². The van der Waals surface area contributed by atoms with Gasteiger partial charge in [0.05, 0.1) is 9.35 Å². The lowest BCUT2D eigenvalue weighted by molar-refractivity contribution is 0.977. The highest BCUT2D eigenvalue weighted by atomic mass is 79.9. The molecule has 0 saturated carbocycles. The number of rotatable bonds is 1. The zero-order chi connectivity index (χ0) is 11.9. The van der Waals surface area contributed by atoms with Gasteiger partial charge in [0.2, 0.25) is 0 Å². The molecule has 0 amide bonds. The van der Waals surface area contributed by atoms with Gasteiger partial charge in [-0.25, -0.2) is 0 Å². The van der Waals surface area contributed by atoms with Crippen LogP contribution in [0.5, 0.6) is 0 Å². The van der Waals surface area contributed by atoms with Crippen LogP contribution >= 0.6 is 27.3 Å². The molecular formula is C12H11BrN2S. The Balaban J connectivity index is 2.72. The summed E-state index contributed by atoms with van der Waals surface area (Å²) in [6.07, 6.45) is 0. The van der Waals surface area contributed by atoms with E-state index in [1.165, 1.54) is 17.0 Å². The fraction of sp³-hybridized carbons (Fsp3) is 0.250. The van der Waals surface area contributed by atoms with E-state index in [1.807, 2.05) is 6.07 Å². The van der Waals surface area contributed by atoms with Gasteiger partial charge in [0.25, 0.3) is 0 Å². The van der Waals surface area contributed by atoms with Crippen molar-refractivity contribution in [3.8, 4) is 11.1 Å². The Labute approximate surface area is 107 Å². The summed E-state index contributed by atoms with van der Waals surface area (Å²) in [6.45, 7) is 6.24. The lowest BCUT2D eigenvalue weighted by Crippen LogP contribution is -1.98. The number of aromatic nitrogens is 1. The Morgan fingerprint density at radius 2 is 2.00 bits per heavy atom. The molecule has 0 atom stereocenters. The molecule has 0 fully saturated rings. The second-order valence-corrected chi connectivity index (χ2v) is 6.18. The molecule has 2 aromatic heterocycles. The van der Waals surface area contributed by atoms with E-state index in [9.17, 15) is 0 Å². The van der Waals surface area contributed by atoms with Crippen molar-refractivity contribution in [2.24, 2.45) is 0 Å². The summed E-state index contributed by atoms with van der Waals surface area (Å²) in [6, 6.07) is 6.25. The van der Waals surface area contributed by atoms with Crippen LogP contribution in [0.4, 0.5) is 0 Å². The van der Waals surface area contributed by atoms with Crippen molar-refractivity contribution in [1.29, 1.82) is 5.26 Å². The summed E-state index contributed by atoms with van der Waals surface area (Å²) in [5, 5.41) is 10.1. The van der Waals surface area contributed by atoms with Gasteiger partial charge in [0, 0.05) is 11.4 Å². The van der Waals surface area contributed by atoms with Crippen LogP contribution in [0.1, 0.15) is 22.5 Å². The van der Waals surface area contributed by atoms with Gasteiger partial charge in [-0.3, -0.25) is 0 Å². The lowest BCUT2D eigenvalue weighted by Gasteiger charge is -2.07. The molecule has 82 valence electrons. The fourth-order valence-electron chi connectivity index (χ4n) is 1.83. The van der Waals surface area contributed by atoms with Crippen LogP contribution in [0.15, 0.2) is 15.9 Å². The largest absolute Gasteiger partial charge is 0.309 e. The zero-order valence-electron chi connectivity index (χ0n) is 9.34. The highest BCUT2D eigenvalue weighted by Crippen LogP contribution is 2.32. The predicted octanol–water partition coefficient (Wildman–Crippen LogP) is 4.10. The standard InChI is InChI=1S/C12H11BrN2S/c1-7-4-8(2)15(9(7)3)12-10(6-14)5-11(13)16-12/h4-5H,1-3H3. The van der Waals surface area contributed by atoms with Crippen molar-refractivity contribution in [2.75, 3.05) is 0 Å². The third-order valence-corrected chi connectivity index (χ3v) is 4.31. The van der Waals surface area contributed by atoms with Crippen molar-refractivity contribution in [1.82, 2.24) is 4.57 Å². The molecule has 2 rings (SSSR count). The van der Waals surface area contributed by atoms with Gasteiger partial charge in [0.15, 0.2) is 0 Å². The van der Waals surface area contributed by atoms with Crippen molar-refractivity contribution in [3.05, 3.63) is 38.4 Å². The molecule has 0 spiro atoms. The maximum Gasteiger partial charge on any atom is 0.119 e. The Kier molecular flexibility index (Phi) is 2.92. The quantitative estimate of drug-likeness (QED) is 0.778. The van der Waals surface area contributed by atoms with Gasteiger partial charge in [0.1, 0.15) is 11.1 Å². The summed E-state index contributed by atoms with van der Waals surface area (Å²) >= 11 is 5.02. The molecule has 2 nitrogen and oxygen atoms in total. The van der Waals surface area contributed by atoms with Crippen LogP contribution in [-0.2, 0) is 0 Å². The average Bonchev–Trinajstić information content (AvgIpc) is 2.69. The van der Waals surface area contributed by atoms with Crippen LogP contribution in [0.2, 0.25) is 0 Å². The monoisotopic (exact) mass is 294 g/mol. The molecule has 0 aliphatic heterocycles. The van der Waals surface area contributed by atoms with E-state index < -0.39 is 0 Å². The number of hydrogen-bond donors (Lipinski definition) is 0.